The number of benzene rings is 1. The molecule has 1 aromatic carbocycles. The van der Waals surface area contributed by atoms with Gasteiger partial charge in [0, 0.05) is 11.6 Å². The fourth-order valence-electron chi connectivity index (χ4n) is 1.62. The van der Waals surface area contributed by atoms with Gasteiger partial charge in [-0.15, -0.1) is 0 Å². The Kier molecular flexibility index (Phi) is 2.14. The Morgan fingerprint density at radius 2 is 1.94 bits per heavy atom. The van der Waals surface area contributed by atoms with Crippen LogP contribution in [0.1, 0.15) is 5.56 Å². The molecular formula is C13H9FN2O. The number of hydrogen-bond acceptors (Lipinski definition) is 3. The van der Waals surface area contributed by atoms with Crippen molar-refractivity contribution in [3.63, 3.8) is 0 Å². The maximum Gasteiger partial charge on any atom is 0.247 e. The summed E-state index contributed by atoms with van der Waals surface area (Å²) in [5.41, 5.74) is 2.80. The number of oxazole rings is 1. The normalized spacial score (nSPS) is 10.9. The van der Waals surface area contributed by atoms with Crippen molar-refractivity contribution in [2.45, 2.75) is 6.92 Å². The molecule has 0 bridgehead atoms. The molecule has 0 spiro atoms. The van der Waals surface area contributed by atoms with E-state index >= 15 is 0 Å². The van der Waals surface area contributed by atoms with Crippen LogP contribution in [0.5, 0.6) is 0 Å². The van der Waals surface area contributed by atoms with Crippen molar-refractivity contribution in [2.75, 3.05) is 0 Å². The maximum absolute atomic E-state index is 13.0. The molecule has 2 heterocycles. The van der Waals surface area contributed by atoms with Crippen molar-refractivity contribution in [3.05, 3.63) is 47.9 Å². The van der Waals surface area contributed by atoms with Crippen molar-refractivity contribution in [2.24, 2.45) is 0 Å². The number of pyridine rings is 1. The first kappa shape index (κ1) is 9.96. The van der Waals surface area contributed by atoms with Gasteiger partial charge in [-0.05, 0) is 19.1 Å². The summed E-state index contributed by atoms with van der Waals surface area (Å²) in [6, 6.07) is 9.08. The molecule has 0 saturated heterocycles. The minimum absolute atomic E-state index is 0.349. The van der Waals surface area contributed by atoms with Crippen molar-refractivity contribution in [1.29, 1.82) is 0 Å². The second-order valence-electron chi connectivity index (χ2n) is 3.86. The Morgan fingerprint density at radius 1 is 1.18 bits per heavy atom. The molecule has 3 aromatic rings. The Bertz CT molecular complexity index is 673. The lowest BCUT2D eigenvalue weighted by molar-refractivity contribution is 0.597. The van der Waals surface area contributed by atoms with E-state index in [1.807, 2.05) is 31.2 Å². The lowest BCUT2D eigenvalue weighted by Gasteiger charge is -1.94. The lowest BCUT2D eigenvalue weighted by Crippen LogP contribution is -1.78. The minimum Gasteiger partial charge on any atom is -0.418 e. The number of aryl methyl sites for hydroxylation is 1. The molecule has 2 aromatic heterocycles. The molecule has 17 heavy (non-hydrogen) atoms. The van der Waals surface area contributed by atoms with Crippen LogP contribution in [0.2, 0.25) is 0 Å². The summed E-state index contributed by atoms with van der Waals surface area (Å²) in [6.45, 7) is 2.01. The van der Waals surface area contributed by atoms with Gasteiger partial charge in [-0.25, -0.2) is 14.4 Å². The number of nitrogens with zero attached hydrogens (tertiary/aromatic N) is 2. The van der Waals surface area contributed by atoms with Crippen LogP contribution in [0, 0.1) is 12.7 Å². The van der Waals surface area contributed by atoms with E-state index in [1.54, 1.807) is 0 Å². The summed E-state index contributed by atoms with van der Waals surface area (Å²) < 4.78 is 18.4. The molecule has 0 saturated carbocycles. The standard InChI is InChI=1S/C13H9FN2O/c1-8-2-4-9(5-3-8)12-16-11-6-10(14)7-15-13(11)17-12/h2-7H,1H3. The van der Waals surface area contributed by atoms with Crippen LogP contribution in [0.3, 0.4) is 0 Å². The zero-order valence-corrected chi connectivity index (χ0v) is 9.14. The third-order valence-electron chi connectivity index (χ3n) is 2.51. The molecule has 0 fully saturated rings. The van der Waals surface area contributed by atoms with Crippen molar-refractivity contribution in [1.82, 2.24) is 9.97 Å². The van der Waals surface area contributed by atoms with Gasteiger partial charge < -0.3 is 4.42 Å². The van der Waals surface area contributed by atoms with Gasteiger partial charge in [0.2, 0.25) is 11.6 Å². The predicted octanol–water partition coefficient (Wildman–Crippen LogP) is 3.34. The van der Waals surface area contributed by atoms with Gasteiger partial charge >= 0.3 is 0 Å². The van der Waals surface area contributed by atoms with Gasteiger partial charge in [-0.1, -0.05) is 17.7 Å². The number of aromatic nitrogens is 2. The predicted molar refractivity (Wildman–Crippen MR) is 61.9 cm³/mol. The van der Waals surface area contributed by atoms with Gasteiger partial charge in [0.1, 0.15) is 11.3 Å². The molecule has 3 nitrogen and oxygen atoms in total. The number of halogens is 1. The highest BCUT2D eigenvalue weighted by Crippen LogP contribution is 2.23. The third-order valence-corrected chi connectivity index (χ3v) is 2.51. The number of fused-ring (bicyclic) bond motifs is 1. The third kappa shape index (κ3) is 1.78. The fourth-order valence-corrected chi connectivity index (χ4v) is 1.62. The second kappa shape index (κ2) is 3.66. The van der Waals surface area contributed by atoms with E-state index in [1.165, 1.54) is 6.07 Å². The van der Waals surface area contributed by atoms with E-state index in [2.05, 4.69) is 9.97 Å². The quantitative estimate of drug-likeness (QED) is 0.641. The Labute approximate surface area is 96.9 Å². The summed E-state index contributed by atoms with van der Waals surface area (Å²) in [4.78, 5) is 8.04. The van der Waals surface area contributed by atoms with E-state index < -0.39 is 5.82 Å². The summed E-state index contributed by atoms with van der Waals surface area (Å²) in [5.74, 6) is 0.0411. The molecule has 0 unspecified atom stereocenters. The maximum atomic E-state index is 13.0. The van der Waals surface area contributed by atoms with Crippen LogP contribution in [0.15, 0.2) is 40.9 Å². The molecule has 3 rings (SSSR count). The van der Waals surface area contributed by atoms with E-state index in [4.69, 9.17) is 4.42 Å². The number of hydrogen-bond donors (Lipinski definition) is 0. The zero-order valence-electron chi connectivity index (χ0n) is 9.14. The summed E-state index contributed by atoms with van der Waals surface area (Å²) in [6.07, 6.45) is 1.12. The lowest BCUT2D eigenvalue weighted by atomic mass is 10.1. The van der Waals surface area contributed by atoms with Crippen LogP contribution in [0.25, 0.3) is 22.7 Å². The molecule has 84 valence electrons. The smallest absolute Gasteiger partial charge is 0.247 e. The largest absolute Gasteiger partial charge is 0.418 e. The van der Waals surface area contributed by atoms with Crippen LogP contribution in [-0.2, 0) is 0 Å². The van der Waals surface area contributed by atoms with E-state index in [0.29, 0.717) is 17.1 Å². The van der Waals surface area contributed by atoms with Gasteiger partial charge in [0.15, 0.2) is 0 Å². The van der Waals surface area contributed by atoms with Gasteiger partial charge in [-0.3, -0.25) is 0 Å². The molecule has 0 atom stereocenters. The Morgan fingerprint density at radius 3 is 2.71 bits per heavy atom. The summed E-state index contributed by atoms with van der Waals surface area (Å²) in [5, 5.41) is 0. The SMILES string of the molecule is Cc1ccc(-c2nc3cc(F)cnc3o2)cc1. The molecule has 0 aliphatic rings. The van der Waals surface area contributed by atoms with Crippen molar-refractivity contribution >= 4 is 11.2 Å². The summed E-state index contributed by atoms with van der Waals surface area (Å²) in [7, 11) is 0. The minimum atomic E-state index is -0.416. The van der Waals surface area contributed by atoms with E-state index in [-0.39, 0.29) is 0 Å². The fraction of sp³-hybridized carbons (Fsp3) is 0.0769. The first-order valence-corrected chi connectivity index (χ1v) is 5.21. The molecule has 0 aliphatic carbocycles. The van der Waals surface area contributed by atoms with Gasteiger partial charge in [-0.2, -0.15) is 0 Å². The molecule has 0 amide bonds. The van der Waals surface area contributed by atoms with E-state index in [0.717, 1.165) is 17.3 Å². The average molecular weight is 228 g/mol. The highest BCUT2D eigenvalue weighted by atomic mass is 19.1. The van der Waals surface area contributed by atoms with Crippen LogP contribution in [-0.4, -0.2) is 9.97 Å². The monoisotopic (exact) mass is 228 g/mol. The average Bonchev–Trinajstić information content (AvgIpc) is 2.72. The van der Waals surface area contributed by atoms with Gasteiger partial charge in [0.05, 0.1) is 6.20 Å². The molecule has 0 radical (unpaired) electrons. The molecule has 4 heteroatoms. The topological polar surface area (TPSA) is 38.9 Å². The molecule has 0 aliphatic heterocycles. The van der Waals surface area contributed by atoms with E-state index in [9.17, 15) is 4.39 Å². The van der Waals surface area contributed by atoms with Gasteiger partial charge in [0.25, 0.3) is 0 Å². The zero-order chi connectivity index (χ0) is 11.8. The first-order chi connectivity index (χ1) is 8.22. The number of rotatable bonds is 1. The molecular weight excluding hydrogens is 219 g/mol. The first-order valence-electron chi connectivity index (χ1n) is 5.21. The second-order valence-corrected chi connectivity index (χ2v) is 3.86. The highest BCUT2D eigenvalue weighted by molar-refractivity contribution is 5.72. The van der Waals surface area contributed by atoms with Crippen LogP contribution >= 0.6 is 0 Å². The Balaban J connectivity index is 2.14. The van der Waals surface area contributed by atoms with Crippen LogP contribution in [0.4, 0.5) is 4.39 Å². The summed E-state index contributed by atoms with van der Waals surface area (Å²) >= 11 is 0. The van der Waals surface area contributed by atoms with Crippen molar-refractivity contribution in [3.8, 4) is 11.5 Å². The highest BCUT2D eigenvalue weighted by Gasteiger charge is 2.09. The van der Waals surface area contributed by atoms with Crippen LogP contribution < -0.4 is 0 Å². The van der Waals surface area contributed by atoms with Crippen molar-refractivity contribution < 1.29 is 8.81 Å². The molecule has 0 N–H and O–H groups in total. The Hall–Kier alpha value is -2.23.